The van der Waals surface area contributed by atoms with Gasteiger partial charge in [-0.15, -0.1) is 45.3 Å². The number of thiophene rings is 4. The molecule has 4 nitrogen and oxygen atoms in total. The van der Waals surface area contributed by atoms with E-state index in [2.05, 4.69) is 0 Å². The van der Waals surface area contributed by atoms with Gasteiger partial charge in [-0.25, -0.2) is 9.59 Å². The molecule has 8 heteroatoms. The number of hydrogen-bond acceptors (Lipinski definition) is 8. The van der Waals surface area contributed by atoms with Crippen molar-refractivity contribution in [3.05, 3.63) is 21.9 Å². The Labute approximate surface area is 153 Å². The fraction of sp³-hybridized carbons (Fsp3) is 0.250. The number of ether oxygens (including phenoxy) is 2. The molecule has 0 unspecified atom stereocenters. The van der Waals surface area contributed by atoms with E-state index in [4.69, 9.17) is 9.47 Å². The van der Waals surface area contributed by atoms with Crippen molar-refractivity contribution in [2.45, 2.75) is 13.8 Å². The second kappa shape index (κ2) is 6.11. The normalized spacial score (nSPS) is 11.6. The van der Waals surface area contributed by atoms with Gasteiger partial charge in [0, 0.05) is 9.40 Å². The molecule has 0 aliphatic rings. The van der Waals surface area contributed by atoms with Gasteiger partial charge in [0.25, 0.3) is 0 Å². The van der Waals surface area contributed by atoms with Crippen LogP contribution in [0.5, 0.6) is 0 Å². The van der Waals surface area contributed by atoms with Crippen LogP contribution in [0.2, 0.25) is 0 Å². The van der Waals surface area contributed by atoms with Gasteiger partial charge in [-0.3, -0.25) is 0 Å². The van der Waals surface area contributed by atoms with Crippen molar-refractivity contribution >= 4 is 85.5 Å². The minimum absolute atomic E-state index is 0.262. The molecule has 0 saturated heterocycles. The molecule has 0 atom stereocenters. The van der Waals surface area contributed by atoms with E-state index in [1.165, 1.54) is 32.1 Å². The highest BCUT2D eigenvalue weighted by molar-refractivity contribution is 7.44. The average Bonchev–Trinajstić information content (AvgIpc) is 3.25. The number of carbonyl (C=O) groups is 2. The standard InChI is InChI=1S/C16H12O4S4/c1-3-19-15(17)9-5-7-11(23-9)13-14(21-7)12-8(22-13)6-10(24-12)16(18)20-4-2/h5-6H,3-4H2,1-2H3. The van der Waals surface area contributed by atoms with Crippen LogP contribution >= 0.6 is 45.3 Å². The zero-order valence-electron chi connectivity index (χ0n) is 12.8. The van der Waals surface area contributed by atoms with E-state index in [1.54, 1.807) is 36.5 Å². The molecule has 0 aliphatic heterocycles. The van der Waals surface area contributed by atoms with Crippen molar-refractivity contribution < 1.29 is 19.1 Å². The first-order chi connectivity index (χ1) is 11.6. The third-order valence-electron chi connectivity index (χ3n) is 3.39. The summed E-state index contributed by atoms with van der Waals surface area (Å²) in [7, 11) is 0. The van der Waals surface area contributed by atoms with Crippen LogP contribution in [-0.2, 0) is 9.47 Å². The summed E-state index contributed by atoms with van der Waals surface area (Å²) in [4.78, 5) is 25.1. The molecule has 0 radical (unpaired) electrons. The summed E-state index contributed by atoms with van der Waals surface area (Å²) >= 11 is 6.28. The smallest absolute Gasteiger partial charge is 0.348 e. The molecule has 0 bridgehead atoms. The third kappa shape index (κ3) is 2.45. The van der Waals surface area contributed by atoms with E-state index < -0.39 is 0 Å². The van der Waals surface area contributed by atoms with Crippen LogP contribution in [0.1, 0.15) is 33.2 Å². The van der Waals surface area contributed by atoms with Crippen LogP contribution < -0.4 is 0 Å². The summed E-state index contributed by atoms with van der Waals surface area (Å²) in [6.07, 6.45) is 0. The molecule has 0 saturated carbocycles. The highest BCUT2D eigenvalue weighted by atomic mass is 32.1. The Bertz CT molecular complexity index is 992. The predicted octanol–water partition coefficient (Wildman–Crippen LogP) is 5.75. The zero-order chi connectivity index (χ0) is 16.8. The van der Waals surface area contributed by atoms with E-state index in [9.17, 15) is 9.59 Å². The van der Waals surface area contributed by atoms with Crippen LogP contribution in [0.4, 0.5) is 0 Å². The molecule has 4 rings (SSSR count). The fourth-order valence-electron chi connectivity index (χ4n) is 2.43. The molecule has 4 aromatic rings. The molecule has 124 valence electrons. The lowest BCUT2D eigenvalue weighted by Gasteiger charge is -1.96. The van der Waals surface area contributed by atoms with E-state index in [0.29, 0.717) is 23.0 Å². The number of rotatable bonds is 4. The first-order valence-corrected chi connectivity index (χ1v) is 10.6. The van der Waals surface area contributed by atoms with Crippen LogP contribution in [0.15, 0.2) is 12.1 Å². The van der Waals surface area contributed by atoms with Crippen LogP contribution in [-0.4, -0.2) is 25.2 Å². The molecule has 24 heavy (non-hydrogen) atoms. The molecule has 4 heterocycles. The van der Waals surface area contributed by atoms with Gasteiger partial charge in [-0.1, -0.05) is 0 Å². The van der Waals surface area contributed by atoms with Crippen molar-refractivity contribution in [2.75, 3.05) is 13.2 Å². The van der Waals surface area contributed by atoms with Crippen molar-refractivity contribution in [1.82, 2.24) is 0 Å². The highest BCUT2D eigenvalue weighted by Crippen LogP contribution is 2.49. The summed E-state index contributed by atoms with van der Waals surface area (Å²) in [5.74, 6) is -0.524. The summed E-state index contributed by atoms with van der Waals surface area (Å²) in [6, 6.07) is 3.81. The molecular formula is C16H12O4S4. The summed E-state index contributed by atoms with van der Waals surface area (Å²) in [5.41, 5.74) is 0. The Kier molecular flexibility index (Phi) is 4.07. The monoisotopic (exact) mass is 396 g/mol. The van der Waals surface area contributed by atoms with E-state index in [-0.39, 0.29) is 11.9 Å². The molecule has 0 N–H and O–H groups in total. The minimum atomic E-state index is -0.262. The van der Waals surface area contributed by atoms with E-state index in [0.717, 1.165) is 18.8 Å². The van der Waals surface area contributed by atoms with Gasteiger partial charge < -0.3 is 9.47 Å². The van der Waals surface area contributed by atoms with Crippen molar-refractivity contribution in [1.29, 1.82) is 0 Å². The van der Waals surface area contributed by atoms with Crippen molar-refractivity contribution in [3.8, 4) is 0 Å². The maximum absolute atomic E-state index is 11.9. The largest absolute Gasteiger partial charge is 0.462 e. The molecule has 0 fully saturated rings. The lowest BCUT2D eigenvalue weighted by Crippen LogP contribution is -2.01. The van der Waals surface area contributed by atoms with Crippen LogP contribution in [0.3, 0.4) is 0 Å². The van der Waals surface area contributed by atoms with E-state index >= 15 is 0 Å². The van der Waals surface area contributed by atoms with Crippen molar-refractivity contribution in [2.24, 2.45) is 0 Å². The Balaban J connectivity index is 1.81. The number of fused-ring (bicyclic) bond motifs is 5. The first kappa shape index (κ1) is 16.0. The van der Waals surface area contributed by atoms with Gasteiger partial charge in [-0.2, -0.15) is 0 Å². The molecular weight excluding hydrogens is 384 g/mol. The SMILES string of the molecule is CCOC(=O)c1cc2sc3c4sc(C(=O)OCC)cc4sc3c2s1. The first-order valence-electron chi connectivity index (χ1n) is 7.35. The second-order valence-electron chi connectivity index (χ2n) is 4.91. The maximum atomic E-state index is 11.9. The van der Waals surface area contributed by atoms with E-state index in [1.807, 2.05) is 12.1 Å². The predicted molar refractivity (Wildman–Crippen MR) is 102 cm³/mol. The summed E-state index contributed by atoms with van der Waals surface area (Å²) in [6.45, 7) is 4.37. The summed E-state index contributed by atoms with van der Waals surface area (Å²) < 4.78 is 17.0. The molecule has 0 aromatic carbocycles. The number of hydrogen-bond donors (Lipinski definition) is 0. The van der Waals surface area contributed by atoms with Gasteiger partial charge in [0.2, 0.25) is 0 Å². The molecule has 0 spiro atoms. The Morgan fingerprint density at radius 2 is 1.17 bits per heavy atom. The van der Waals surface area contributed by atoms with Crippen LogP contribution in [0, 0.1) is 0 Å². The van der Waals surface area contributed by atoms with Crippen LogP contribution in [0.25, 0.3) is 28.2 Å². The Morgan fingerprint density at radius 3 is 1.54 bits per heavy atom. The van der Waals surface area contributed by atoms with Gasteiger partial charge in [0.1, 0.15) is 9.75 Å². The number of esters is 2. The summed E-state index contributed by atoms with van der Waals surface area (Å²) in [5, 5.41) is 0. The topological polar surface area (TPSA) is 52.6 Å². The number of carbonyl (C=O) groups excluding carboxylic acids is 2. The lowest BCUT2D eigenvalue weighted by atomic mass is 10.4. The fourth-order valence-corrected chi connectivity index (χ4v) is 7.86. The third-order valence-corrected chi connectivity index (χ3v) is 8.61. The van der Waals surface area contributed by atoms with Crippen molar-refractivity contribution in [3.63, 3.8) is 0 Å². The minimum Gasteiger partial charge on any atom is -0.462 e. The van der Waals surface area contributed by atoms with Gasteiger partial charge in [-0.05, 0) is 26.0 Å². The lowest BCUT2D eigenvalue weighted by molar-refractivity contribution is 0.0522. The Morgan fingerprint density at radius 1 is 0.750 bits per heavy atom. The van der Waals surface area contributed by atoms with Gasteiger partial charge >= 0.3 is 11.9 Å². The highest BCUT2D eigenvalue weighted by Gasteiger charge is 2.21. The second-order valence-corrected chi connectivity index (χ2v) is 9.12. The zero-order valence-corrected chi connectivity index (χ0v) is 16.1. The molecule has 4 aromatic heterocycles. The molecule has 0 aliphatic carbocycles. The average molecular weight is 397 g/mol. The Hall–Kier alpha value is -1.48. The van der Waals surface area contributed by atoms with Gasteiger partial charge in [0.05, 0.1) is 32.0 Å². The maximum Gasteiger partial charge on any atom is 0.348 e. The van der Waals surface area contributed by atoms with Gasteiger partial charge in [0.15, 0.2) is 0 Å². The quantitative estimate of drug-likeness (QED) is 0.412. The molecule has 0 amide bonds.